The van der Waals surface area contributed by atoms with Crippen LogP contribution < -0.4 is 14.8 Å². The molecule has 0 fully saturated rings. The summed E-state index contributed by atoms with van der Waals surface area (Å²) in [5, 5.41) is 2.59. The van der Waals surface area contributed by atoms with E-state index >= 15 is 0 Å². The quantitative estimate of drug-likeness (QED) is 0.729. The summed E-state index contributed by atoms with van der Waals surface area (Å²) in [6.45, 7) is 0.851. The number of ether oxygens (including phenoxy) is 3. The molecule has 2 aromatic rings. The van der Waals surface area contributed by atoms with Crippen LogP contribution in [0.25, 0.3) is 0 Å². The first kappa shape index (κ1) is 20.3. The summed E-state index contributed by atoms with van der Waals surface area (Å²) in [4.78, 5) is 35.9. The van der Waals surface area contributed by atoms with Gasteiger partial charge in [-0.2, -0.15) is 0 Å². The van der Waals surface area contributed by atoms with Gasteiger partial charge >= 0.3 is 5.97 Å². The second-order valence-electron chi connectivity index (χ2n) is 5.40. The summed E-state index contributed by atoms with van der Waals surface area (Å²) in [5.41, 5.74) is 0.192. The number of rotatable bonds is 7. The summed E-state index contributed by atoms with van der Waals surface area (Å²) in [5.74, 6) is -1.47. The molecule has 0 bridgehead atoms. The monoisotopic (exact) mass is 391 g/mol. The molecule has 2 rings (SSSR count). The van der Waals surface area contributed by atoms with Crippen molar-refractivity contribution in [3.63, 3.8) is 0 Å². The molecule has 2 aromatic carbocycles. The molecule has 0 aliphatic carbocycles. The number of carbonyl (C=O) groups is 3. The number of hydrogen-bond acceptors (Lipinski definition) is 6. The van der Waals surface area contributed by atoms with Crippen molar-refractivity contribution in [2.75, 3.05) is 13.7 Å². The van der Waals surface area contributed by atoms with Crippen molar-refractivity contribution in [2.45, 2.75) is 13.0 Å². The minimum atomic E-state index is -0.957. The zero-order valence-electron chi connectivity index (χ0n) is 14.7. The number of amides is 2. The Morgan fingerprint density at radius 3 is 2.56 bits per heavy atom. The van der Waals surface area contributed by atoms with E-state index in [1.165, 1.54) is 20.1 Å². The van der Waals surface area contributed by atoms with Gasteiger partial charge in [-0.15, -0.1) is 0 Å². The predicted octanol–water partition coefficient (Wildman–Crippen LogP) is 2.62. The van der Waals surface area contributed by atoms with Crippen molar-refractivity contribution < 1.29 is 28.6 Å². The molecule has 0 aromatic heterocycles. The molecule has 0 spiro atoms. The predicted molar refractivity (Wildman–Crippen MR) is 98.0 cm³/mol. The van der Waals surface area contributed by atoms with Crippen LogP contribution in [0, 0.1) is 0 Å². The van der Waals surface area contributed by atoms with E-state index in [0.29, 0.717) is 16.5 Å². The number of para-hydroxylation sites is 1. The molecule has 0 radical (unpaired) electrons. The van der Waals surface area contributed by atoms with Gasteiger partial charge in [0.2, 0.25) is 0 Å². The Kier molecular flexibility index (Phi) is 7.19. The van der Waals surface area contributed by atoms with Gasteiger partial charge in [0.25, 0.3) is 11.8 Å². The molecule has 2 amide bonds. The van der Waals surface area contributed by atoms with Gasteiger partial charge in [-0.05, 0) is 37.3 Å². The fourth-order valence-corrected chi connectivity index (χ4v) is 2.29. The average molecular weight is 392 g/mol. The van der Waals surface area contributed by atoms with Gasteiger partial charge in [-0.25, -0.2) is 4.79 Å². The van der Waals surface area contributed by atoms with Crippen LogP contribution in [0.15, 0.2) is 48.5 Å². The number of carbonyl (C=O) groups excluding carboxylic acids is 3. The molecule has 142 valence electrons. The molecule has 1 N–H and O–H groups in total. The van der Waals surface area contributed by atoms with Crippen LogP contribution in [-0.4, -0.2) is 37.6 Å². The third-order valence-corrected chi connectivity index (χ3v) is 3.63. The molecule has 0 aliphatic rings. The highest BCUT2D eigenvalue weighted by Gasteiger charge is 2.20. The topological polar surface area (TPSA) is 90.9 Å². The first-order chi connectivity index (χ1) is 12.9. The third-order valence-electron chi connectivity index (χ3n) is 3.39. The molecule has 1 unspecified atom stereocenters. The highest BCUT2D eigenvalue weighted by molar-refractivity contribution is 6.30. The van der Waals surface area contributed by atoms with Gasteiger partial charge in [0.15, 0.2) is 12.7 Å². The van der Waals surface area contributed by atoms with E-state index in [1.54, 1.807) is 42.5 Å². The fraction of sp³-hybridized carbons (Fsp3) is 0.211. The molecule has 0 saturated carbocycles. The third kappa shape index (κ3) is 6.00. The standard InChI is InChI=1S/C19H18ClNO6/c1-12(27-14-7-5-6-13(20)10-14)19(24)26-11-17(22)21-18(23)15-8-3-4-9-16(15)25-2/h3-10,12H,11H2,1-2H3,(H,21,22,23). The second-order valence-corrected chi connectivity index (χ2v) is 5.84. The highest BCUT2D eigenvalue weighted by Crippen LogP contribution is 2.19. The van der Waals surface area contributed by atoms with Gasteiger partial charge < -0.3 is 14.2 Å². The van der Waals surface area contributed by atoms with Crippen LogP contribution in [0.3, 0.4) is 0 Å². The summed E-state index contributed by atoms with van der Waals surface area (Å²) in [6.07, 6.45) is -0.957. The van der Waals surface area contributed by atoms with Crippen molar-refractivity contribution in [3.05, 3.63) is 59.1 Å². The van der Waals surface area contributed by atoms with Crippen LogP contribution >= 0.6 is 11.6 Å². The fourth-order valence-electron chi connectivity index (χ4n) is 2.11. The first-order valence-electron chi connectivity index (χ1n) is 7.96. The summed E-state index contributed by atoms with van der Waals surface area (Å²) in [6, 6.07) is 12.9. The molecule has 1 atom stereocenters. The van der Waals surface area contributed by atoms with E-state index in [9.17, 15) is 14.4 Å². The van der Waals surface area contributed by atoms with Crippen molar-refractivity contribution in [3.8, 4) is 11.5 Å². The van der Waals surface area contributed by atoms with Gasteiger partial charge in [0.05, 0.1) is 12.7 Å². The van der Waals surface area contributed by atoms with E-state index in [0.717, 1.165) is 0 Å². The molecule has 0 saturated heterocycles. The summed E-state index contributed by atoms with van der Waals surface area (Å²) in [7, 11) is 1.41. The molecular weight excluding hydrogens is 374 g/mol. The van der Waals surface area contributed by atoms with Crippen LogP contribution in [0.1, 0.15) is 17.3 Å². The van der Waals surface area contributed by atoms with Gasteiger partial charge in [0, 0.05) is 5.02 Å². The molecule has 7 nitrogen and oxygen atoms in total. The van der Waals surface area contributed by atoms with Crippen LogP contribution in [0.4, 0.5) is 0 Å². The lowest BCUT2D eigenvalue weighted by Gasteiger charge is -2.14. The first-order valence-corrected chi connectivity index (χ1v) is 8.34. The Morgan fingerprint density at radius 1 is 1.11 bits per heavy atom. The largest absolute Gasteiger partial charge is 0.496 e. The lowest BCUT2D eigenvalue weighted by Crippen LogP contribution is -2.36. The maximum Gasteiger partial charge on any atom is 0.347 e. The number of imide groups is 1. The summed E-state index contributed by atoms with van der Waals surface area (Å²) < 4.78 is 15.3. The zero-order valence-corrected chi connectivity index (χ0v) is 15.5. The van der Waals surface area contributed by atoms with E-state index in [2.05, 4.69) is 5.32 Å². The SMILES string of the molecule is COc1ccccc1C(=O)NC(=O)COC(=O)C(C)Oc1cccc(Cl)c1. The van der Waals surface area contributed by atoms with Crippen molar-refractivity contribution >= 4 is 29.4 Å². The Morgan fingerprint density at radius 2 is 1.85 bits per heavy atom. The van der Waals surface area contributed by atoms with Crippen LogP contribution in [0.5, 0.6) is 11.5 Å². The molecule has 8 heteroatoms. The van der Waals surface area contributed by atoms with Gasteiger partial charge in [-0.1, -0.05) is 29.8 Å². The number of halogens is 1. The lowest BCUT2D eigenvalue weighted by atomic mass is 10.2. The van der Waals surface area contributed by atoms with Crippen LogP contribution in [0.2, 0.25) is 5.02 Å². The normalized spacial score (nSPS) is 11.2. The number of hydrogen-bond donors (Lipinski definition) is 1. The maximum absolute atomic E-state index is 12.1. The van der Waals surface area contributed by atoms with Gasteiger partial charge in [-0.3, -0.25) is 14.9 Å². The van der Waals surface area contributed by atoms with Crippen molar-refractivity contribution in [1.82, 2.24) is 5.32 Å². The van der Waals surface area contributed by atoms with E-state index in [1.807, 2.05) is 0 Å². The Hall–Kier alpha value is -3.06. The Labute approximate surface area is 161 Å². The Bertz CT molecular complexity index is 838. The number of esters is 1. The van der Waals surface area contributed by atoms with Crippen molar-refractivity contribution in [2.24, 2.45) is 0 Å². The Balaban J connectivity index is 1.83. The number of methoxy groups -OCH3 is 1. The molecule has 0 aliphatic heterocycles. The lowest BCUT2D eigenvalue weighted by molar-refractivity contribution is -0.154. The minimum absolute atomic E-state index is 0.192. The average Bonchev–Trinajstić information content (AvgIpc) is 2.65. The van der Waals surface area contributed by atoms with Crippen LogP contribution in [-0.2, 0) is 14.3 Å². The second kappa shape index (κ2) is 9.59. The summed E-state index contributed by atoms with van der Waals surface area (Å²) >= 11 is 5.84. The maximum atomic E-state index is 12.1. The van der Waals surface area contributed by atoms with Gasteiger partial charge in [0.1, 0.15) is 11.5 Å². The number of nitrogens with one attached hydrogen (secondary N) is 1. The smallest absolute Gasteiger partial charge is 0.347 e. The highest BCUT2D eigenvalue weighted by atomic mass is 35.5. The molecular formula is C19H18ClNO6. The van der Waals surface area contributed by atoms with E-state index in [-0.39, 0.29) is 5.56 Å². The number of benzene rings is 2. The van der Waals surface area contributed by atoms with E-state index < -0.39 is 30.5 Å². The molecule has 0 heterocycles. The zero-order chi connectivity index (χ0) is 19.8. The minimum Gasteiger partial charge on any atom is -0.496 e. The van der Waals surface area contributed by atoms with E-state index in [4.69, 9.17) is 25.8 Å². The molecule has 27 heavy (non-hydrogen) atoms. The van der Waals surface area contributed by atoms with Crippen molar-refractivity contribution in [1.29, 1.82) is 0 Å².